The van der Waals surface area contributed by atoms with Crippen molar-refractivity contribution < 1.29 is 18.3 Å². The van der Waals surface area contributed by atoms with Crippen LogP contribution < -0.4 is 10.1 Å². The average Bonchev–Trinajstić information content (AvgIpc) is 2.29. The number of ether oxygens (including phenoxy) is 2. The number of benzene rings is 1. The zero-order valence-corrected chi connectivity index (χ0v) is 9.79. The third-order valence-electron chi connectivity index (χ3n) is 2.02. The molecule has 0 radical (unpaired) electrons. The third-order valence-corrected chi connectivity index (χ3v) is 2.02. The lowest BCUT2D eigenvalue weighted by Crippen LogP contribution is -2.11. The number of hydrogen-bond donors (Lipinski definition) is 1. The maximum absolute atomic E-state index is 11.7. The lowest BCUT2D eigenvalue weighted by atomic mass is 10.2. The predicted octanol–water partition coefficient (Wildman–Crippen LogP) is 2.07. The highest BCUT2D eigenvalue weighted by Crippen LogP contribution is 2.12. The molecular weight excluding hydrogens is 228 g/mol. The first-order valence-electron chi connectivity index (χ1n) is 5.44. The van der Waals surface area contributed by atoms with Gasteiger partial charge in [0.2, 0.25) is 0 Å². The van der Waals surface area contributed by atoms with Crippen molar-refractivity contribution in [2.24, 2.45) is 0 Å². The van der Waals surface area contributed by atoms with E-state index in [-0.39, 0.29) is 13.2 Å². The first-order chi connectivity index (χ1) is 8.22. The fourth-order valence-electron chi connectivity index (χ4n) is 1.34. The van der Waals surface area contributed by atoms with Gasteiger partial charge < -0.3 is 14.8 Å². The third kappa shape index (κ3) is 6.19. The molecule has 0 aliphatic rings. The summed E-state index contributed by atoms with van der Waals surface area (Å²) in [5, 5.41) is 3.04. The average molecular weight is 245 g/mol. The van der Waals surface area contributed by atoms with E-state index >= 15 is 0 Å². The van der Waals surface area contributed by atoms with Crippen LogP contribution in [0.4, 0.5) is 8.78 Å². The van der Waals surface area contributed by atoms with Crippen LogP contribution in [0.2, 0.25) is 0 Å². The molecule has 1 aromatic carbocycles. The molecular formula is C12H17F2NO2. The summed E-state index contributed by atoms with van der Waals surface area (Å²) in [7, 11) is 1.87. The Balaban J connectivity index is 2.24. The van der Waals surface area contributed by atoms with Gasteiger partial charge in [-0.25, -0.2) is 8.78 Å². The Kier molecular flexibility index (Phi) is 6.50. The first-order valence-corrected chi connectivity index (χ1v) is 5.44. The molecule has 0 atom stereocenters. The highest BCUT2D eigenvalue weighted by Gasteiger charge is 2.01. The molecule has 0 aliphatic heterocycles. The Labute approximate surface area is 99.7 Å². The summed E-state index contributed by atoms with van der Waals surface area (Å²) in [5.41, 5.74) is 1.11. The molecule has 0 aromatic heterocycles. The quantitative estimate of drug-likeness (QED) is 0.711. The molecule has 0 fully saturated rings. The summed E-state index contributed by atoms with van der Waals surface area (Å²) < 4.78 is 33.6. The predicted molar refractivity (Wildman–Crippen MR) is 61.5 cm³/mol. The lowest BCUT2D eigenvalue weighted by molar-refractivity contribution is 0.00763. The molecule has 0 spiro atoms. The summed E-state index contributed by atoms with van der Waals surface area (Å²) >= 11 is 0. The monoisotopic (exact) mass is 245 g/mol. The second-order valence-corrected chi connectivity index (χ2v) is 3.49. The number of halogens is 2. The molecule has 1 rings (SSSR count). The summed E-state index contributed by atoms with van der Waals surface area (Å²) in [6, 6.07) is 7.61. The van der Waals surface area contributed by atoms with Crippen molar-refractivity contribution in [3.8, 4) is 5.75 Å². The van der Waals surface area contributed by atoms with E-state index < -0.39 is 13.0 Å². The van der Waals surface area contributed by atoms with Crippen molar-refractivity contribution in [2.75, 3.05) is 26.9 Å². The molecule has 3 nitrogen and oxygen atoms in total. The zero-order valence-electron chi connectivity index (χ0n) is 9.79. The molecule has 0 aliphatic carbocycles. The Hall–Kier alpha value is -1.20. The number of rotatable bonds is 8. The molecule has 96 valence electrons. The lowest BCUT2D eigenvalue weighted by Gasteiger charge is -2.08. The number of nitrogens with one attached hydrogen (secondary N) is 1. The fraction of sp³-hybridized carbons (Fsp3) is 0.500. The van der Waals surface area contributed by atoms with Gasteiger partial charge in [-0.3, -0.25) is 0 Å². The standard InChI is InChI=1S/C12H17F2NO2/c1-15-8-10-3-2-4-11(7-10)17-6-5-16-9-12(13)14/h2-4,7,12,15H,5-6,8-9H2,1H3. The van der Waals surface area contributed by atoms with E-state index in [1.807, 2.05) is 31.3 Å². The molecule has 0 saturated carbocycles. The van der Waals surface area contributed by atoms with Crippen molar-refractivity contribution >= 4 is 0 Å². The van der Waals surface area contributed by atoms with Gasteiger partial charge in [0, 0.05) is 6.54 Å². The van der Waals surface area contributed by atoms with E-state index in [1.54, 1.807) is 0 Å². The Morgan fingerprint density at radius 3 is 2.82 bits per heavy atom. The van der Waals surface area contributed by atoms with Gasteiger partial charge in [0.15, 0.2) is 0 Å². The minimum absolute atomic E-state index is 0.167. The molecule has 1 aromatic rings. The molecule has 17 heavy (non-hydrogen) atoms. The van der Waals surface area contributed by atoms with Crippen LogP contribution in [0, 0.1) is 0 Å². The van der Waals surface area contributed by atoms with E-state index in [0.717, 1.165) is 17.9 Å². The molecule has 0 bridgehead atoms. The van der Waals surface area contributed by atoms with Gasteiger partial charge >= 0.3 is 0 Å². The summed E-state index contributed by atoms with van der Waals surface area (Å²) in [4.78, 5) is 0. The summed E-state index contributed by atoms with van der Waals surface area (Å²) in [6.07, 6.45) is -2.42. The maximum Gasteiger partial charge on any atom is 0.261 e. The topological polar surface area (TPSA) is 30.5 Å². The Morgan fingerprint density at radius 2 is 2.12 bits per heavy atom. The van der Waals surface area contributed by atoms with Gasteiger partial charge in [0.1, 0.15) is 19.0 Å². The van der Waals surface area contributed by atoms with Crippen molar-refractivity contribution in [2.45, 2.75) is 13.0 Å². The second-order valence-electron chi connectivity index (χ2n) is 3.49. The molecule has 0 heterocycles. The molecule has 1 N–H and O–H groups in total. The van der Waals surface area contributed by atoms with Crippen LogP contribution in [-0.2, 0) is 11.3 Å². The number of hydrogen-bond acceptors (Lipinski definition) is 3. The first kappa shape index (κ1) is 13.9. The number of alkyl halides is 2. The van der Waals surface area contributed by atoms with E-state index in [9.17, 15) is 8.78 Å². The maximum atomic E-state index is 11.7. The van der Waals surface area contributed by atoms with E-state index in [1.165, 1.54) is 0 Å². The van der Waals surface area contributed by atoms with Gasteiger partial charge in [-0.2, -0.15) is 0 Å². The van der Waals surface area contributed by atoms with Crippen LogP contribution >= 0.6 is 0 Å². The molecule has 0 unspecified atom stereocenters. The minimum atomic E-state index is -2.42. The smallest absolute Gasteiger partial charge is 0.261 e. The molecule has 5 heteroatoms. The Morgan fingerprint density at radius 1 is 1.29 bits per heavy atom. The molecule has 0 saturated heterocycles. The highest BCUT2D eigenvalue weighted by molar-refractivity contribution is 5.28. The summed E-state index contributed by atoms with van der Waals surface area (Å²) in [5.74, 6) is 0.721. The van der Waals surface area contributed by atoms with E-state index in [2.05, 4.69) is 5.32 Å². The van der Waals surface area contributed by atoms with E-state index in [0.29, 0.717) is 0 Å². The van der Waals surface area contributed by atoms with Gasteiger partial charge in [0.25, 0.3) is 6.43 Å². The van der Waals surface area contributed by atoms with Crippen LogP contribution in [0.5, 0.6) is 5.75 Å². The van der Waals surface area contributed by atoms with Gasteiger partial charge in [0.05, 0.1) is 6.61 Å². The van der Waals surface area contributed by atoms with Crippen LogP contribution in [0.1, 0.15) is 5.56 Å². The van der Waals surface area contributed by atoms with Crippen molar-refractivity contribution in [1.82, 2.24) is 5.32 Å². The van der Waals surface area contributed by atoms with Gasteiger partial charge in [-0.05, 0) is 24.7 Å². The SMILES string of the molecule is CNCc1cccc(OCCOCC(F)F)c1. The Bertz CT molecular complexity index is 321. The largest absolute Gasteiger partial charge is 0.491 e. The van der Waals surface area contributed by atoms with Crippen LogP contribution in [0.3, 0.4) is 0 Å². The molecule has 0 amide bonds. The highest BCUT2D eigenvalue weighted by atomic mass is 19.3. The fourth-order valence-corrected chi connectivity index (χ4v) is 1.34. The van der Waals surface area contributed by atoms with Crippen molar-refractivity contribution in [1.29, 1.82) is 0 Å². The summed E-state index contributed by atoms with van der Waals surface area (Å²) in [6.45, 7) is 0.665. The van der Waals surface area contributed by atoms with Crippen LogP contribution in [0.25, 0.3) is 0 Å². The van der Waals surface area contributed by atoms with Gasteiger partial charge in [-0.1, -0.05) is 12.1 Å². The van der Waals surface area contributed by atoms with Crippen molar-refractivity contribution in [3.63, 3.8) is 0 Å². The normalized spacial score (nSPS) is 10.8. The van der Waals surface area contributed by atoms with Crippen LogP contribution in [-0.4, -0.2) is 33.3 Å². The van der Waals surface area contributed by atoms with Crippen LogP contribution in [0.15, 0.2) is 24.3 Å². The van der Waals surface area contributed by atoms with Gasteiger partial charge in [-0.15, -0.1) is 0 Å². The second kappa shape index (κ2) is 7.97. The van der Waals surface area contributed by atoms with E-state index in [4.69, 9.17) is 9.47 Å². The zero-order chi connectivity index (χ0) is 12.5. The van der Waals surface area contributed by atoms with Crippen molar-refractivity contribution in [3.05, 3.63) is 29.8 Å². The minimum Gasteiger partial charge on any atom is -0.491 e.